The van der Waals surface area contributed by atoms with Gasteiger partial charge >= 0.3 is 0 Å². The lowest BCUT2D eigenvalue weighted by molar-refractivity contribution is -0.462. The summed E-state index contributed by atoms with van der Waals surface area (Å²) < 4.78 is 0. The number of thioether (sulfide) groups is 1. The quantitative estimate of drug-likeness (QED) is 0.149. The van der Waals surface area contributed by atoms with Gasteiger partial charge in [-0.1, -0.05) is 23.3 Å². The maximum Gasteiger partial charge on any atom is 0.250 e. The highest BCUT2D eigenvalue weighted by Crippen LogP contribution is 2.35. The highest BCUT2D eigenvalue weighted by molar-refractivity contribution is 8.13. The van der Waals surface area contributed by atoms with Crippen molar-refractivity contribution in [1.29, 1.82) is 0 Å². The normalized spacial score (nSPS) is 12.2. The Hall–Kier alpha value is -3.13. The van der Waals surface area contributed by atoms with Gasteiger partial charge in [0.1, 0.15) is 5.04 Å². The van der Waals surface area contributed by atoms with E-state index in [1.807, 2.05) is 44.9 Å². The van der Waals surface area contributed by atoms with Crippen LogP contribution in [0.4, 0.5) is 0 Å². The monoisotopic (exact) mass is 522 g/mol. The van der Waals surface area contributed by atoms with Crippen LogP contribution in [-0.4, -0.2) is 58.2 Å². The molecular formula is C29H38N4O3S. The molecule has 0 saturated heterocycles. The molecule has 37 heavy (non-hydrogen) atoms. The molecule has 7 nitrogen and oxygen atoms in total. The molecule has 1 N–H and O–H groups in total. The Morgan fingerprint density at radius 1 is 1.11 bits per heavy atom. The van der Waals surface area contributed by atoms with Crippen molar-refractivity contribution in [2.24, 2.45) is 4.99 Å². The summed E-state index contributed by atoms with van der Waals surface area (Å²) in [6.45, 7) is 13.7. The van der Waals surface area contributed by atoms with E-state index in [1.165, 1.54) is 22.9 Å². The fraction of sp³-hybridized carbons (Fsp3) is 0.448. The summed E-state index contributed by atoms with van der Waals surface area (Å²) in [6.07, 6.45) is 2.44. The first-order valence-electron chi connectivity index (χ1n) is 12.7. The SMILES string of the molecule is CCN(CC)C(=O)C(C)(C)c1ccc2[nH]c(-c3cc(C)cc(C)c3)c(CCN=C(C[N+](=O)[O-])SC)c2c1. The van der Waals surface area contributed by atoms with Crippen LogP contribution < -0.4 is 0 Å². The first-order valence-corrected chi connectivity index (χ1v) is 14.0. The molecule has 0 radical (unpaired) electrons. The second kappa shape index (κ2) is 11.9. The van der Waals surface area contributed by atoms with E-state index in [9.17, 15) is 14.9 Å². The summed E-state index contributed by atoms with van der Waals surface area (Å²) in [7, 11) is 0. The highest BCUT2D eigenvalue weighted by Gasteiger charge is 2.33. The third-order valence-corrected chi connectivity index (χ3v) is 7.60. The molecule has 3 aromatic rings. The number of aliphatic imine (C=N–C) groups is 1. The van der Waals surface area contributed by atoms with Crippen LogP contribution in [0, 0.1) is 24.0 Å². The minimum absolute atomic E-state index is 0.109. The zero-order chi connectivity index (χ0) is 27.3. The molecule has 0 saturated carbocycles. The van der Waals surface area contributed by atoms with Crippen LogP contribution in [0.25, 0.3) is 22.2 Å². The maximum atomic E-state index is 13.4. The topological polar surface area (TPSA) is 91.6 Å². The summed E-state index contributed by atoms with van der Waals surface area (Å²) >= 11 is 1.32. The van der Waals surface area contributed by atoms with Crippen molar-refractivity contribution >= 4 is 33.6 Å². The van der Waals surface area contributed by atoms with Crippen molar-refractivity contribution < 1.29 is 9.72 Å². The number of nitrogens with zero attached hydrogens (tertiary/aromatic N) is 3. The second-order valence-electron chi connectivity index (χ2n) is 9.94. The minimum Gasteiger partial charge on any atom is -0.354 e. The number of nitrogens with one attached hydrogen (secondary N) is 1. The molecule has 8 heteroatoms. The van der Waals surface area contributed by atoms with Crippen LogP contribution in [0.3, 0.4) is 0 Å². The molecule has 0 bridgehead atoms. The predicted molar refractivity (Wildman–Crippen MR) is 156 cm³/mol. The Labute approximate surface area is 223 Å². The van der Waals surface area contributed by atoms with Gasteiger partial charge in [0.2, 0.25) is 5.91 Å². The van der Waals surface area contributed by atoms with Gasteiger partial charge in [-0.05, 0) is 95.2 Å². The number of hydrogen-bond acceptors (Lipinski definition) is 5. The van der Waals surface area contributed by atoms with Gasteiger partial charge in [-0.3, -0.25) is 19.9 Å². The highest BCUT2D eigenvalue weighted by atomic mass is 32.2. The molecule has 2 aromatic carbocycles. The van der Waals surface area contributed by atoms with Gasteiger partial charge in [0.15, 0.2) is 0 Å². The molecule has 1 amide bonds. The molecule has 198 valence electrons. The Morgan fingerprint density at radius 2 is 1.76 bits per heavy atom. The molecule has 0 aliphatic rings. The average Bonchev–Trinajstić information content (AvgIpc) is 3.21. The molecule has 0 spiro atoms. The first kappa shape index (κ1) is 28.4. The van der Waals surface area contributed by atoms with Gasteiger partial charge in [-0.25, -0.2) is 0 Å². The summed E-state index contributed by atoms with van der Waals surface area (Å²) in [5.74, 6) is 0.109. The van der Waals surface area contributed by atoms with Gasteiger partial charge < -0.3 is 9.88 Å². The minimum atomic E-state index is -0.676. The zero-order valence-electron chi connectivity index (χ0n) is 23.0. The number of nitro groups is 1. The third-order valence-electron chi connectivity index (χ3n) is 6.87. The standard InChI is InChI=1S/C29H38N4O3S/c1-8-32(9-2)28(34)29(5,6)22-10-11-25-24(17-22)23(12-13-30-26(37-7)18-33(35)36)27(31-25)21-15-19(3)14-20(4)16-21/h10-11,14-17,31H,8-9,12-13,18H2,1-7H3. The molecule has 0 fully saturated rings. The predicted octanol–water partition coefficient (Wildman–Crippen LogP) is 6.18. The summed E-state index contributed by atoms with van der Waals surface area (Å²) in [5.41, 5.74) is 6.89. The molecule has 0 aliphatic carbocycles. The second-order valence-corrected chi connectivity index (χ2v) is 10.8. The number of fused-ring (bicyclic) bond motifs is 1. The third kappa shape index (κ3) is 6.42. The largest absolute Gasteiger partial charge is 0.354 e. The van der Waals surface area contributed by atoms with Crippen molar-refractivity contribution in [1.82, 2.24) is 9.88 Å². The van der Waals surface area contributed by atoms with Crippen LogP contribution >= 0.6 is 11.8 Å². The number of aromatic nitrogens is 1. The van der Waals surface area contributed by atoms with Gasteiger partial charge in [-0.2, -0.15) is 0 Å². The van der Waals surface area contributed by atoms with Gasteiger partial charge in [0.05, 0.1) is 5.41 Å². The number of carbonyl (C=O) groups excluding carboxylic acids is 1. The van der Waals surface area contributed by atoms with Crippen molar-refractivity contribution in [2.75, 3.05) is 32.4 Å². The number of hydrogen-bond donors (Lipinski definition) is 1. The lowest BCUT2D eigenvalue weighted by Crippen LogP contribution is -2.43. The Bertz CT molecular complexity index is 1300. The molecule has 0 aliphatic heterocycles. The van der Waals surface area contributed by atoms with E-state index in [1.54, 1.807) is 0 Å². The summed E-state index contributed by atoms with van der Waals surface area (Å²) in [4.78, 5) is 34.0. The van der Waals surface area contributed by atoms with E-state index in [-0.39, 0.29) is 17.4 Å². The number of aryl methyl sites for hydroxylation is 2. The smallest absolute Gasteiger partial charge is 0.250 e. The first-order chi connectivity index (χ1) is 17.5. The number of likely N-dealkylation sites (N-methyl/N-ethyl adjacent to an activating group) is 1. The van der Waals surface area contributed by atoms with E-state index in [0.29, 0.717) is 31.1 Å². The Morgan fingerprint density at radius 3 is 2.32 bits per heavy atom. The van der Waals surface area contributed by atoms with Crippen LogP contribution in [0.2, 0.25) is 0 Å². The van der Waals surface area contributed by atoms with E-state index in [0.717, 1.165) is 33.3 Å². The zero-order valence-corrected chi connectivity index (χ0v) is 23.8. The number of H-pyrrole nitrogens is 1. The van der Waals surface area contributed by atoms with Crippen molar-refractivity contribution in [3.63, 3.8) is 0 Å². The Kier molecular flexibility index (Phi) is 9.18. The van der Waals surface area contributed by atoms with Crippen LogP contribution in [0.1, 0.15) is 49.9 Å². The molecule has 3 rings (SSSR count). The van der Waals surface area contributed by atoms with Crippen LogP contribution in [0.5, 0.6) is 0 Å². The lowest BCUT2D eigenvalue weighted by atomic mass is 9.82. The fourth-order valence-corrected chi connectivity index (χ4v) is 5.33. The fourth-order valence-electron chi connectivity index (χ4n) is 4.87. The van der Waals surface area contributed by atoms with E-state index >= 15 is 0 Å². The lowest BCUT2D eigenvalue weighted by Gasteiger charge is -2.31. The molecular weight excluding hydrogens is 484 g/mol. The van der Waals surface area contributed by atoms with Gasteiger partial charge in [0, 0.05) is 41.2 Å². The number of amides is 1. The van der Waals surface area contributed by atoms with Crippen LogP contribution in [-0.2, 0) is 16.6 Å². The number of carbonyl (C=O) groups is 1. The average molecular weight is 523 g/mol. The molecule has 1 aromatic heterocycles. The summed E-state index contributed by atoms with van der Waals surface area (Å²) in [5, 5.41) is 12.6. The van der Waals surface area contributed by atoms with Gasteiger partial charge in [0.25, 0.3) is 6.54 Å². The summed E-state index contributed by atoms with van der Waals surface area (Å²) in [6, 6.07) is 12.7. The maximum absolute atomic E-state index is 13.4. The van der Waals surface area contributed by atoms with Gasteiger partial charge in [-0.15, -0.1) is 11.8 Å². The number of benzene rings is 2. The van der Waals surface area contributed by atoms with E-state index in [4.69, 9.17) is 0 Å². The van der Waals surface area contributed by atoms with E-state index in [2.05, 4.69) is 54.2 Å². The Balaban J connectivity index is 2.13. The van der Waals surface area contributed by atoms with Crippen molar-refractivity contribution in [3.05, 3.63) is 68.8 Å². The number of rotatable bonds is 10. The van der Waals surface area contributed by atoms with Crippen molar-refractivity contribution in [2.45, 2.75) is 53.4 Å². The molecule has 0 atom stereocenters. The molecule has 1 heterocycles. The molecule has 0 unspecified atom stereocenters. The van der Waals surface area contributed by atoms with Crippen molar-refractivity contribution in [3.8, 4) is 11.3 Å². The number of aromatic amines is 1. The van der Waals surface area contributed by atoms with Crippen LogP contribution in [0.15, 0.2) is 41.4 Å². The van der Waals surface area contributed by atoms with E-state index < -0.39 is 5.41 Å².